The molecule has 306 valence electrons. The van der Waals surface area contributed by atoms with E-state index in [0.717, 1.165) is 29.0 Å². The summed E-state index contributed by atoms with van der Waals surface area (Å²) in [6, 6.07) is 0. The van der Waals surface area contributed by atoms with Gasteiger partial charge in [0, 0.05) is 37.1 Å². The number of rotatable bonds is 21. The van der Waals surface area contributed by atoms with E-state index in [4.69, 9.17) is 10.5 Å². The number of thioether (sulfide) groups is 1. The summed E-state index contributed by atoms with van der Waals surface area (Å²) in [7, 11) is -17.3. The summed E-state index contributed by atoms with van der Waals surface area (Å²) in [5.41, 5.74) is 4.09. The van der Waals surface area contributed by atoms with E-state index in [1.165, 1.54) is 20.8 Å². The number of aromatic nitrogens is 4. The molecule has 0 aliphatic carbocycles. The molecule has 32 heteroatoms. The average molecular weight is 871 g/mol. The molecule has 0 saturated carbocycles. The van der Waals surface area contributed by atoms with Crippen molar-refractivity contribution in [1.29, 1.82) is 0 Å². The van der Waals surface area contributed by atoms with Crippen molar-refractivity contribution in [2.24, 2.45) is 5.41 Å². The number of hydrogen-bond acceptors (Lipinski definition) is 22. The van der Waals surface area contributed by atoms with Crippen LogP contribution in [0.25, 0.3) is 11.2 Å². The van der Waals surface area contributed by atoms with Crippen molar-refractivity contribution in [3.8, 4) is 0 Å². The molecule has 0 bridgehead atoms. The third kappa shape index (κ3) is 18.1. The summed E-state index contributed by atoms with van der Waals surface area (Å²) in [6.45, 7) is 1.56. The standard InChI is InChI=1S/C25H42N7O18P3S.3Li/c1-13(33)8-16(35)54-7-6-27-15(34)4-5-28-23(38)20(37)25(2,3)10-47-53(44,45)50-52(42,43)46-9-14-19(49-51(39,40)41)18(36)24(48-14)32-12-31-17-21(26)29-11-30-22(17)32;;;/h11-14,18-20,24,33,36-37H,4-10H2,1-3H3,(H,27,34)(H,28,38)(H,42,43)(H,44,45)(H2,26,29,30)(H2,39,40,41);;;/q;3*+1/p-3/t13?,14-,18-,19-,20+,24-;;;/m0.../s1. The first-order valence-electron chi connectivity index (χ1n) is 15.6. The van der Waals surface area contributed by atoms with Crippen LogP contribution in [0.15, 0.2) is 12.7 Å². The quantitative estimate of drug-likeness (QED) is 0.0348. The molecule has 25 nitrogen and oxygen atoms in total. The third-order valence-electron chi connectivity index (χ3n) is 7.21. The van der Waals surface area contributed by atoms with Crippen molar-refractivity contribution < 1.29 is 142 Å². The van der Waals surface area contributed by atoms with Gasteiger partial charge < -0.3 is 69.6 Å². The van der Waals surface area contributed by atoms with E-state index in [-0.39, 0.29) is 110 Å². The first-order valence-corrected chi connectivity index (χ1v) is 21.0. The minimum Gasteiger partial charge on any atom is -0.790 e. The number of imidazole rings is 1. The number of phosphoric ester groups is 3. The number of aliphatic hydroxyl groups is 3. The van der Waals surface area contributed by atoms with Crippen molar-refractivity contribution in [2.75, 3.05) is 37.8 Å². The second kappa shape index (κ2) is 24.1. The van der Waals surface area contributed by atoms with Gasteiger partial charge in [0.25, 0.3) is 7.82 Å². The molecule has 0 radical (unpaired) electrons. The van der Waals surface area contributed by atoms with Gasteiger partial charge in [-0.3, -0.25) is 28.0 Å². The van der Waals surface area contributed by atoms with Crippen LogP contribution in [-0.2, 0) is 50.7 Å². The van der Waals surface area contributed by atoms with E-state index in [9.17, 15) is 63.0 Å². The number of fused-ring (bicyclic) bond motifs is 1. The van der Waals surface area contributed by atoms with Crippen LogP contribution in [0.4, 0.5) is 5.82 Å². The molecule has 3 heterocycles. The van der Waals surface area contributed by atoms with E-state index >= 15 is 0 Å². The van der Waals surface area contributed by atoms with Crippen LogP contribution >= 0.6 is 35.2 Å². The number of nitrogen functional groups attached to an aromatic ring is 1. The molecule has 8 atom stereocenters. The Morgan fingerprint density at radius 3 is 2.33 bits per heavy atom. The van der Waals surface area contributed by atoms with E-state index in [2.05, 4.69) is 43.5 Å². The Morgan fingerprint density at radius 2 is 1.72 bits per heavy atom. The zero-order chi connectivity index (χ0) is 40.6. The number of aliphatic hydroxyl groups excluding tert-OH is 3. The minimum atomic E-state index is -5.84. The Bertz CT molecular complexity index is 1800. The summed E-state index contributed by atoms with van der Waals surface area (Å²) in [5.74, 6) is -1.33. The number of phosphoric acid groups is 3. The number of hydrogen-bond donors (Lipinski definition) is 7. The normalized spacial score (nSPS) is 21.4. The molecule has 2 amide bonds. The maximum absolute atomic E-state index is 12.6. The topological polar surface area (TPSA) is 392 Å². The molecule has 0 aromatic carbocycles. The van der Waals surface area contributed by atoms with Crippen molar-refractivity contribution in [3.05, 3.63) is 12.7 Å². The molecular weight excluding hydrogens is 832 g/mol. The number of amides is 2. The third-order valence-corrected chi connectivity index (χ3v) is 11.2. The fourth-order valence-corrected chi connectivity index (χ4v) is 8.14. The minimum absolute atomic E-state index is 0. The van der Waals surface area contributed by atoms with Gasteiger partial charge in [0.05, 0.1) is 33.5 Å². The number of nitrogens with two attached hydrogens (primary N) is 1. The van der Waals surface area contributed by atoms with Crippen molar-refractivity contribution >= 4 is 69.1 Å². The number of carbonyl (C=O) groups is 3. The second-order valence-corrected chi connectivity index (χ2v) is 17.5. The van der Waals surface area contributed by atoms with Gasteiger partial charge in [0.1, 0.15) is 36.3 Å². The number of anilines is 1. The molecule has 3 unspecified atom stereocenters. The molecule has 3 rings (SSSR count). The molecule has 2 aromatic rings. The van der Waals surface area contributed by atoms with E-state index in [0.29, 0.717) is 0 Å². The molecule has 1 aliphatic rings. The summed E-state index contributed by atoms with van der Waals surface area (Å²) in [5, 5.41) is 35.0. The van der Waals surface area contributed by atoms with Crippen LogP contribution in [0.3, 0.4) is 0 Å². The summed E-state index contributed by atoms with van der Waals surface area (Å²) in [4.78, 5) is 93.0. The second-order valence-electron chi connectivity index (χ2n) is 12.3. The summed E-state index contributed by atoms with van der Waals surface area (Å²) < 4.78 is 60.8. The Balaban J connectivity index is 0.0000105. The Hall–Kier alpha value is -0.688. The van der Waals surface area contributed by atoms with Crippen LogP contribution in [0, 0.1) is 5.41 Å². The Kier molecular flexibility index (Phi) is 23.8. The van der Waals surface area contributed by atoms with Gasteiger partial charge in [-0.15, -0.1) is 0 Å². The predicted octanol–water partition coefficient (Wildman–Crippen LogP) is -12.4. The Labute approximate surface area is 365 Å². The fraction of sp³-hybridized carbons (Fsp3) is 0.680. The fourth-order valence-electron chi connectivity index (χ4n) is 4.58. The Morgan fingerprint density at radius 1 is 1.07 bits per heavy atom. The van der Waals surface area contributed by atoms with Crippen LogP contribution in [0.2, 0.25) is 0 Å². The van der Waals surface area contributed by atoms with E-state index in [1.807, 2.05) is 0 Å². The predicted molar refractivity (Wildman–Crippen MR) is 177 cm³/mol. The molecule has 2 aromatic heterocycles. The molecule has 0 spiro atoms. The first kappa shape index (κ1) is 56.3. The molecule has 8 N–H and O–H groups in total. The van der Waals surface area contributed by atoms with E-state index < -0.39 is 90.7 Å². The zero-order valence-corrected chi connectivity index (χ0v) is 35.2. The summed E-state index contributed by atoms with van der Waals surface area (Å²) in [6.07, 6.45) is -8.32. The van der Waals surface area contributed by atoms with Gasteiger partial charge >= 0.3 is 64.4 Å². The smallest absolute Gasteiger partial charge is 0.790 e. The zero-order valence-electron chi connectivity index (χ0n) is 31.7. The molecule has 1 saturated heterocycles. The van der Waals surface area contributed by atoms with Gasteiger partial charge in [0.2, 0.25) is 11.8 Å². The van der Waals surface area contributed by atoms with Crippen LogP contribution in [0.1, 0.15) is 39.8 Å². The number of carbonyl (C=O) groups excluding carboxylic acids is 3. The number of nitrogens with zero attached hydrogens (tertiary/aromatic N) is 4. The van der Waals surface area contributed by atoms with Crippen LogP contribution in [0.5, 0.6) is 0 Å². The molecular formula is C25H39Li3N7O18P3S. The van der Waals surface area contributed by atoms with Crippen molar-refractivity contribution in [1.82, 2.24) is 30.2 Å². The molecule has 57 heavy (non-hydrogen) atoms. The van der Waals surface area contributed by atoms with Crippen molar-refractivity contribution in [3.63, 3.8) is 0 Å². The first-order chi connectivity index (χ1) is 24.9. The monoisotopic (exact) mass is 871 g/mol. The maximum Gasteiger partial charge on any atom is 1.00 e. The summed E-state index contributed by atoms with van der Waals surface area (Å²) >= 11 is 0.930. The van der Waals surface area contributed by atoms with Gasteiger partial charge in [-0.05, 0) is 6.92 Å². The van der Waals surface area contributed by atoms with Crippen molar-refractivity contribution in [2.45, 2.75) is 70.4 Å². The maximum atomic E-state index is 12.6. The SMILES string of the molecule is CC(O)CC(=O)SCCNC(=O)CCNC(=O)[C@@H](O)C(C)(C)COP(=O)([O-])OP(=O)(O)OC[C@@H]1O[C@H](n2cnc3c(N)ncnc32)[C@@H](O)[C@H]1OP(=O)([O-])[O-].[Li+].[Li+].[Li+]. The van der Waals surface area contributed by atoms with Gasteiger partial charge in [-0.1, -0.05) is 25.6 Å². The molecule has 1 fully saturated rings. The van der Waals surface area contributed by atoms with E-state index in [1.54, 1.807) is 0 Å². The van der Waals surface area contributed by atoms with Crippen LogP contribution < -0.4 is 87.6 Å². The van der Waals surface area contributed by atoms with Gasteiger partial charge in [-0.25, -0.2) is 23.8 Å². The van der Waals surface area contributed by atoms with Gasteiger partial charge in [0.15, 0.2) is 22.8 Å². The van der Waals surface area contributed by atoms with Gasteiger partial charge in [-0.2, -0.15) is 0 Å². The average Bonchev–Trinajstić information content (AvgIpc) is 3.60. The number of ether oxygens (including phenoxy) is 1. The largest absolute Gasteiger partial charge is 1.00 e. The molecule has 1 aliphatic heterocycles. The van der Waals surface area contributed by atoms with Crippen LogP contribution in [-0.4, -0.2) is 119 Å². The number of nitrogens with one attached hydrogen (secondary N) is 2.